The van der Waals surface area contributed by atoms with Crippen molar-refractivity contribution in [2.45, 2.75) is 46.1 Å². The summed E-state index contributed by atoms with van der Waals surface area (Å²) < 4.78 is 6.24. The number of hydrogen-bond acceptors (Lipinski definition) is 1. The molecule has 0 spiro atoms. The molecule has 1 nitrogen and oxygen atoms in total. The van der Waals surface area contributed by atoms with E-state index in [4.69, 9.17) is 4.74 Å². The molecule has 4 atom stereocenters. The zero-order valence-corrected chi connectivity index (χ0v) is 11.7. The molecule has 3 saturated carbocycles. The molecule has 4 aliphatic carbocycles. The van der Waals surface area contributed by atoms with Crippen LogP contribution in [-0.4, -0.2) is 6.10 Å². The largest absolute Gasteiger partial charge is 0.490 e. The molecular weight excluding hydrogens is 220 g/mol. The fourth-order valence-electron chi connectivity index (χ4n) is 4.07. The highest BCUT2D eigenvalue weighted by molar-refractivity contribution is 5.23. The summed E-state index contributed by atoms with van der Waals surface area (Å²) in [5.74, 6) is 3.45. The molecule has 0 aliphatic heterocycles. The summed E-state index contributed by atoms with van der Waals surface area (Å²) in [6.07, 6.45) is 14.8. The van der Waals surface area contributed by atoms with Gasteiger partial charge in [-0.3, -0.25) is 0 Å². The van der Waals surface area contributed by atoms with Gasteiger partial charge < -0.3 is 4.74 Å². The van der Waals surface area contributed by atoms with Crippen molar-refractivity contribution in [2.24, 2.45) is 23.2 Å². The monoisotopic (exact) mass is 244 g/mol. The summed E-state index contributed by atoms with van der Waals surface area (Å²) in [5.41, 5.74) is 0.548. The van der Waals surface area contributed by atoms with E-state index in [1.807, 2.05) is 0 Å². The number of allylic oxidation sites excluding steroid dienone is 5. The minimum absolute atomic E-state index is 0.421. The maximum Gasteiger partial charge on any atom is 0.119 e. The highest BCUT2D eigenvalue weighted by Crippen LogP contribution is 2.61. The van der Waals surface area contributed by atoms with Gasteiger partial charge >= 0.3 is 0 Å². The smallest absolute Gasteiger partial charge is 0.119 e. The summed E-state index contributed by atoms with van der Waals surface area (Å²) in [7, 11) is 0. The fraction of sp³-hybridized carbons (Fsp3) is 0.647. The standard InChI is InChI=1S/C17H24O/c1-12-15-10-13(17(15,2)3)11-16(12)18-14-8-6-4-5-7-9-14/h4,6-9,12-13,15-16H,5,10-11H2,1-3H3/t12-,13+,15-,16-/m1/s1. The summed E-state index contributed by atoms with van der Waals surface area (Å²) in [4.78, 5) is 0. The normalized spacial score (nSPS) is 40.7. The molecular formula is C17H24O. The molecule has 4 rings (SSSR count). The van der Waals surface area contributed by atoms with E-state index in [1.165, 1.54) is 12.8 Å². The Bertz CT molecular complexity index is 413. The van der Waals surface area contributed by atoms with Gasteiger partial charge in [0.25, 0.3) is 0 Å². The zero-order chi connectivity index (χ0) is 12.8. The van der Waals surface area contributed by atoms with Crippen LogP contribution in [0.1, 0.15) is 40.0 Å². The Balaban J connectivity index is 1.69. The Labute approximate surface area is 111 Å². The molecule has 0 heterocycles. The molecule has 98 valence electrons. The van der Waals surface area contributed by atoms with Gasteiger partial charge in [-0.2, -0.15) is 0 Å². The summed E-state index contributed by atoms with van der Waals surface area (Å²) in [5, 5.41) is 0. The van der Waals surface area contributed by atoms with Crippen LogP contribution < -0.4 is 0 Å². The van der Waals surface area contributed by atoms with Gasteiger partial charge in [0.1, 0.15) is 11.9 Å². The summed E-state index contributed by atoms with van der Waals surface area (Å²) >= 11 is 0. The molecule has 18 heavy (non-hydrogen) atoms. The van der Waals surface area contributed by atoms with Crippen molar-refractivity contribution in [3.05, 3.63) is 36.1 Å². The maximum absolute atomic E-state index is 6.24. The molecule has 0 amide bonds. The van der Waals surface area contributed by atoms with Crippen LogP contribution in [0.25, 0.3) is 0 Å². The minimum Gasteiger partial charge on any atom is -0.490 e. The Morgan fingerprint density at radius 3 is 2.78 bits per heavy atom. The maximum atomic E-state index is 6.24. The second kappa shape index (κ2) is 4.29. The van der Waals surface area contributed by atoms with Crippen LogP contribution in [0.15, 0.2) is 36.1 Å². The highest BCUT2D eigenvalue weighted by Gasteiger charge is 2.56. The average molecular weight is 244 g/mol. The lowest BCUT2D eigenvalue weighted by molar-refractivity contribution is -0.159. The van der Waals surface area contributed by atoms with E-state index in [0.29, 0.717) is 17.4 Å². The van der Waals surface area contributed by atoms with Crippen LogP contribution in [0.2, 0.25) is 0 Å². The first kappa shape index (κ1) is 12.1. The van der Waals surface area contributed by atoms with E-state index >= 15 is 0 Å². The Hall–Kier alpha value is -0.980. The summed E-state index contributed by atoms with van der Waals surface area (Å²) in [6, 6.07) is 0. The van der Waals surface area contributed by atoms with E-state index in [1.54, 1.807) is 0 Å². The quantitative estimate of drug-likeness (QED) is 0.696. The van der Waals surface area contributed by atoms with E-state index in [-0.39, 0.29) is 0 Å². The third-order valence-corrected chi connectivity index (χ3v) is 5.52. The van der Waals surface area contributed by atoms with Crippen LogP contribution in [0.5, 0.6) is 0 Å². The lowest BCUT2D eigenvalue weighted by Crippen LogP contribution is -2.57. The first-order valence-corrected chi connectivity index (χ1v) is 7.29. The van der Waals surface area contributed by atoms with Crippen molar-refractivity contribution in [2.75, 3.05) is 0 Å². The minimum atomic E-state index is 0.421. The van der Waals surface area contributed by atoms with Crippen molar-refractivity contribution < 1.29 is 4.74 Å². The molecule has 3 fully saturated rings. The van der Waals surface area contributed by atoms with Gasteiger partial charge in [0, 0.05) is 0 Å². The molecule has 0 unspecified atom stereocenters. The van der Waals surface area contributed by atoms with Gasteiger partial charge in [0.05, 0.1) is 0 Å². The SMILES string of the molecule is C[C@@H]1[C@H]2C[C@@H](C[C@H]1OC1=CC=CCC=C1)C2(C)C. The topological polar surface area (TPSA) is 9.23 Å². The van der Waals surface area contributed by atoms with Gasteiger partial charge in [0.15, 0.2) is 0 Å². The zero-order valence-electron chi connectivity index (χ0n) is 11.7. The first-order chi connectivity index (χ1) is 8.59. The van der Waals surface area contributed by atoms with E-state index in [9.17, 15) is 0 Å². The second-order valence-corrected chi connectivity index (χ2v) is 6.75. The van der Waals surface area contributed by atoms with Crippen LogP contribution in [0, 0.1) is 23.2 Å². The number of hydrogen-bond donors (Lipinski definition) is 0. The van der Waals surface area contributed by atoms with Crippen molar-refractivity contribution >= 4 is 0 Å². The molecule has 2 bridgehead atoms. The molecule has 0 aromatic carbocycles. The lowest BCUT2D eigenvalue weighted by Gasteiger charge is -2.61. The molecule has 0 N–H and O–H groups in total. The van der Waals surface area contributed by atoms with E-state index in [2.05, 4.69) is 51.2 Å². The molecule has 0 radical (unpaired) electrons. The number of ether oxygens (including phenoxy) is 1. The lowest BCUT2D eigenvalue weighted by atomic mass is 9.45. The van der Waals surface area contributed by atoms with E-state index in [0.717, 1.165) is 24.0 Å². The number of fused-ring (bicyclic) bond motifs is 2. The average Bonchev–Trinajstić information content (AvgIpc) is 2.59. The van der Waals surface area contributed by atoms with Crippen molar-refractivity contribution in [3.63, 3.8) is 0 Å². The molecule has 0 saturated heterocycles. The van der Waals surface area contributed by atoms with Crippen LogP contribution >= 0.6 is 0 Å². The van der Waals surface area contributed by atoms with Crippen molar-refractivity contribution in [3.8, 4) is 0 Å². The fourth-order valence-corrected chi connectivity index (χ4v) is 4.07. The molecule has 4 aliphatic rings. The molecule has 1 heteroatoms. The molecule has 0 aromatic heterocycles. The van der Waals surface area contributed by atoms with Crippen LogP contribution in [-0.2, 0) is 4.74 Å². The van der Waals surface area contributed by atoms with Crippen LogP contribution in [0.4, 0.5) is 0 Å². The Morgan fingerprint density at radius 2 is 2.06 bits per heavy atom. The predicted octanol–water partition coefficient (Wildman–Crippen LogP) is 4.47. The van der Waals surface area contributed by atoms with Gasteiger partial charge in [-0.1, -0.05) is 39.0 Å². The van der Waals surface area contributed by atoms with Crippen LogP contribution in [0.3, 0.4) is 0 Å². The highest BCUT2D eigenvalue weighted by atomic mass is 16.5. The first-order valence-electron chi connectivity index (χ1n) is 7.29. The van der Waals surface area contributed by atoms with Crippen molar-refractivity contribution in [1.82, 2.24) is 0 Å². The van der Waals surface area contributed by atoms with Gasteiger partial charge in [-0.05, 0) is 54.6 Å². The third-order valence-electron chi connectivity index (χ3n) is 5.52. The summed E-state index contributed by atoms with van der Waals surface area (Å²) in [6.45, 7) is 7.25. The van der Waals surface area contributed by atoms with E-state index < -0.39 is 0 Å². The van der Waals surface area contributed by atoms with Crippen molar-refractivity contribution in [1.29, 1.82) is 0 Å². The van der Waals surface area contributed by atoms with Gasteiger partial charge in [-0.25, -0.2) is 0 Å². The Kier molecular flexibility index (Phi) is 2.88. The van der Waals surface area contributed by atoms with Gasteiger partial charge in [0.2, 0.25) is 0 Å². The molecule has 0 aromatic rings. The third kappa shape index (κ3) is 1.84. The second-order valence-electron chi connectivity index (χ2n) is 6.75. The Morgan fingerprint density at radius 1 is 1.22 bits per heavy atom. The predicted molar refractivity (Wildman–Crippen MR) is 75.0 cm³/mol. The number of rotatable bonds is 2. The van der Waals surface area contributed by atoms with Gasteiger partial charge in [-0.15, -0.1) is 0 Å².